The first-order valence-electron chi connectivity index (χ1n) is 14.6. The lowest BCUT2D eigenvalue weighted by molar-refractivity contribution is -0.137. The van der Waals surface area contributed by atoms with Crippen LogP contribution in [0.1, 0.15) is 63.1 Å². The lowest BCUT2D eigenvalue weighted by Crippen LogP contribution is -2.41. The molecule has 3 fully saturated rings. The van der Waals surface area contributed by atoms with Crippen molar-refractivity contribution in [1.82, 2.24) is 4.90 Å². The molecule has 0 aromatic heterocycles. The number of hydrogen-bond acceptors (Lipinski definition) is 7. The number of fused-ring (bicyclic) bond motifs is 6. The van der Waals surface area contributed by atoms with E-state index in [0.29, 0.717) is 33.8 Å². The molecule has 0 N–H and O–H groups in total. The zero-order chi connectivity index (χ0) is 29.5. The molecule has 3 saturated heterocycles. The molecular formula is C33H27N5O5. The number of anilines is 2. The van der Waals surface area contributed by atoms with Crippen LogP contribution in [0.5, 0.6) is 11.5 Å². The number of ether oxygens (including phenoxy) is 1. The van der Waals surface area contributed by atoms with Gasteiger partial charge in [0, 0.05) is 84.8 Å². The van der Waals surface area contributed by atoms with Crippen LogP contribution in [-0.2, 0) is 15.0 Å². The van der Waals surface area contributed by atoms with Crippen molar-refractivity contribution in [2.75, 3.05) is 42.5 Å². The van der Waals surface area contributed by atoms with Crippen LogP contribution in [0.4, 0.5) is 11.4 Å². The Bertz CT molecular complexity index is 1770. The number of rotatable bonds is 5. The molecule has 5 aliphatic rings. The van der Waals surface area contributed by atoms with Crippen molar-refractivity contribution in [3.63, 3.8) is 0 Å². The van der Waals surface area contributed by atoms with Crippen LogP contribution in [0, 0.1) is 0 Å². The number of ketones is 2. The minimum atomic E-state index is -1.35. The van der Waals surface area contributed by atoms with Crippen molar-refractivity contribution in [1.29, 1.82) is 0 Å². The van der Waals surface area contributed by atoms with Gasteiger partial charge in [-0.2, -0.15) is 4.79 Å². The van der Waals surface area contributed by atoms with Gasteiger partial charge in [0.25, 0.3) is 5.78 Å². The van der Waals surface area contributed by atoms with E-state index >= 15 is 0 Å². The Balaban J connectivity index is 1.33. The van der Waals surface area contributed by atoms with Gasteiger partial charge in [-0.3, -0.25) is 24.1 Å². The van der Waals surface area contributed by atoms with Gasteiger partial charge in [0.15, 0.2) is 11.2 Å². The molecule has 0 unspecified atom stereocenters. The summed E-state index contributed by atoms with van der Waals surface area (Å²) in [5, 5.41) is 0. The Kier molecular flexibility index (Phi) is 5.49. The monoisotopic (exact) mass is 573 g/mol. The van der Waals surface area contributed by atoms with Crippen LogP contribution in [0.25, 0.3) is 5.53 Å². The SMILES string of the molecule is [N-]=[N+]=C1C(=O)c2ccc(C(=O)CN3C(=O)CCC3=O)cc2C12c1ccc(N3CCC3)cc1Oc1cc(N3CCC3)ccc12. The molecule has 3 aromatic carbocycles. The van der Waals surface area contributed by atoms with E-state index in [2.05, 4.69) is 14.6 Å². The molecule has 4 heterocycles. The molecule has 1 aliphatic carbocycles. The molecule has 214 valence electrons. The van der Waals surface area contributed by atoms with Gasteiger partial charge < -0.3 is 20.1 Å². The summed E-state index contributed by atoms with van der Waals surface area (Å²) in [4.78, 5) is 60.9. The number of nitrogens with zero attached hydrogens (tertiary/aromatic N) is 5. The number of amides is 2. The van der Waals surface area contributed by atoms with Gasteiger partial charge >= 0.3 is 5.71 Å². The number of Topliss-reactive ketones (excluding diaryl/α,β-unsaturated/α-hetero) is 2. The van der Waals surface area contributed by atoms with E-state index in [0.717, 1.165) is 55.3 Å². The first-order chi connectivity index (χ1) is 20.9. The number of hydrogen-bond donors (Lipinski definition) is 0. The van der Waals surface area contributed by atoms with E-state index in [9.17, 15) is 24.7 Å². The summed E-state index contributed by atoms with van der Waals surface area (Å²) in [6.45, 7) is 3.40. The Morgan fingerprint density at radius 2 is 1.37 bits per heavy atom. The minimum Gasteiger partial charge on any atom is -0.457 e. The molecule has 0 radical (unpaired) electrons. The number of carbonyl (C=O) groups excluding carboxylic acids is 4. The molecule has 43 heavy (non-hydrogen) atoms. The third kappa shape index (κ3) is 3.53. The molecule has 10 nitrogen and oxygen atoms in total. The number of carbonyl (C=O) groups is 4. The molecule has 10 heteroatoms. The molecule has 8 rings (SSSR count). The van der Waals surface area contributed by atoms with Crippen LogP contribution in [0.2, 0.25) is 0 Å². The van der Waals surface area contributed by atoms with Gasteiger partial charge in [-0.15, -0.1) is 0 Å². The average Bonchev–Trinajstić information content (AvgIpc) is 3.39. The zero-order valence-electron chi connectivity index (χ0n) is 23.3. The maximum absolute atomic E-state index is 13.9. The van der Waals surface area contributed by atoms with Crippen LogP contribution >= 0.6 is 0 Å². The van der Waals surface area contributed by atoms with Crippen LogP contribution in [0.3, 0.4) is 0 Å². The second-order valence-electron chi connectivity index (χ2n) is 11.7. The summed E-state index contributed by atoms with van der Waals surface area (Å²) < 4.78 is 6.57. The Morgan fingerprint density at radius 3 is 1.88 bits per heavy atom. The predicted molar refractivity (Wildman–Crippen MR) is 156 cm³/mol. The van der Waals surface area contributed by atoms with E-state index in [1.165, 1.54) is 6.07 Å². The average molecular weight is 574 g/mol. The lowest BCUT2D eigenvalue weighted by atomic mass is 9.67. The van der Waals surface area contributed by atoms with E-state index in [1.54, 1.807) is 12.1 Å². The van der Waals surface area contributed by atoms with Gasteiger partial charge in [0.1, 0.15) is 11.5 Å². The fourth-order valence-electron chi connectivity index (χ4n) is 6.97. The van der Waals surface area contributed by atoms with Crippen molar-refractivity contribution in [3.05, 3.63) is 87.9 Å². The normalized spacial score (nSPS) is 19.4. The molecule has 4 aliphatic heterocycles. The van der Waals surface area contributed by atoms with E-state index < -0.39 is 17.0 Å². The van der Waals surface area contributed by atoms with Crippen LogP contribution in [-0.4, -0.2) is 71.5 Å². The Morgan fingerprint density at radius 1 is 0.791 bits per heavy atom. The maximum Gasteiger partial charge on any atom is 0.358 e. The van der Waals surface area contributed by atoms with Gasteiger partial charge in [-0.05, 0) is 42.7 Å². The second kappa shape index (κ2) is 9.21. The third-order valence-corrected chi connectivity index (χ3v) is 9.52. The largest absolute Gasteiger partial charge is 0.457 e. The van der Waals surface area contributed by atoms with Crippen molar-refractivity contribution in [2.45, 2.75) is 31.1 Å². The zero-order valence-corrected chi connectivity index (χ0v) is 23.3. The summed E-state index contributed by atoms with van der Waals surface area (Å²) in [5.74, 6) is -0.516. The molecule has 0 saturated carbocycles. The van der Waals surface area contributed by atoms with E-state index in [-0.39, 0.29) is 42.5 Å². The van der Waals surface area contributed by atoms with Crippen molar-refractivity contribution in [3.8, 4) is 11.5 Å². The molecule has 3 aromatic rings. The molecule has 2 amide bonds. The van der Waals surface area contributed by atoms with Gasteiger partial charge in [0.05, 0.1) is 6.54 Å². The van der Waals surface area contributed by atoms with Crippen LogP contribution in [0.15, 0.2) is 54.6 Å². The maximum atomic E-state index is 13.9. The fraction of sp³-hybridized carbons (Fsp3) is 0.303. The van der Waals surface area contributed by atoms with Crippen molar-refractivity contribution >= 4 is 40.5 Å². The summed E-state index contributed by atoms with van der Waals surface area (Å²) >= 11 is 0. The second-order valence-corrected chi connectivity index (χ2v) is 11.7. The Labute approximate surface area is 247 Å². The summed E-state index contributed by atoms with van der Waals surface area (Å²) in [6.07, 6.45) is 2.41. The highest BCUT2D eigenvalue weighted by atomic mass is 16.5. The topological polar surface area (TPSA) is 124 Å². The minimum absolute atomic E-state index is 0.0730. The molecular weight excluding hydrogens is 546 g/mol. The standard InChI is InChI=1S/C33H27N5O5/c34-35-32-31(42)22-6-3-19(26(39)18-38-29(40)9-10-30(38)41)15-25(22)33(32)23-7-4-20(36-11-1-12-36)16-27(23)43-28-17-21(5-8-24(28)33)37-13-2-14-37/h3-8,15-17H,1-2,9-14,18H2. The van der Waals surface area contributed by atoms with Gasteiger partial charge in [0.2, 0.25) is 11.8 Å². The highest BCUT2D eigenvalue weighted by Gasteiger charge is 2.62. The quantitative estimate of drug-likeness (QED) is 0.197. The highest BCUT2D eigenvalue weighted by Crippen LogP contribution is 2.57. The highest BCUT2D eigenvalue weighted by molar-refractivity contribution is 6.52. The first kappa shape index (κ1) is 25.6. The van der Waals surface area contributed by atoms with Crippen molar-refractivity contribution in [2.24, 2.45) is 0 Å². The smallest absolute Gasteiger partial charge is 0.358 e. The van der Waals surface area contributed by atoms with E-state index in [4.69, 9.17) is 4.74 Å². The van der Waals surface area contributed by atoms with E-state index in [1.807, 2.05) is 36.4 Å². The van der Waals surface area contributed by atoms with Gasteiger partial charge in [-0.25, -0.2) is 0 Å². The van der Waals surface area contributed by atoms with Crippen molar-refractivity contribution < 1.29 is 28.7 Å². The number of benzene rings is 3. The number of likely N-dealkylation sites (tertiary alicyclic amines) is 1. The third-order valence-electron chi connectivity index (χ3n) is 9.52. The fourth-order valence-corrected chi connectivity index (χ4v) is 6.97. The molecule has 0 bridgehead atoms. The summed E-state index contributed by atoms with van der Waals surface area (Å²) in [6, 6.07) is 16.5. The lowest BCUT2D eigenvalue weighted by Gasteiger charge is -2.39. The summed E-state index contributed by atoms with van der Waals surface area (Å²) in [5.41, 5.74) is 13.4. The number of imide groups is 1. The first-order valence-corrected chi connectivity index (χ1v) is 14.6. The predicted octanol–water partition coefficient (Wildman–Crippen LogP) is 3.75. The Hall–Kier alpha value is -5.08. The van der Waals surface area contributed by atoms with Gasteiger partial charge in [-0.1, -0.05) is 18.2 Å². The molecule has 0 atom stereocenters. The molecule has 1 spiro atoms. The summed E-state index contributed by atoms with van der Waals surface area (Å²) in [7, 11) is 0. The van der Waals surface area contributed by atoms with Crippen LogP contribution < -0.4 is 14.5 Å².